The van der Waals surface area contributed by atoms with Crippen molar-refractivity contribution >= 4 is 11.8 Å². The number of nitrogen functional groups attached to an aromatic ring is 1. The lowest BCUT2D eigenvalue weighted by Gasteiger charge is -2.19. The number of alkyl carbamates (subject to hydrolysis) is 1. The first-order chi connectivity index (χ1) is 10.8. The van der Waals surface area contributed by atoms with Gasteiger partial charge in [-0.3, -0.25) is 0 Å². The number of anilines is 1. The Labute approximate surface area is 137 Å². The van der Waals surface area contributed by atoms with Gasteiger partial charge < -0.3 is 30.0 Å². The van der Waals surface area contributed by atoms with E-state index in [1.807, 2.05) is 20.8 Å². The average molecular weight is 326 g/mol. The number of rotatable bonds is 8. The fraction of sp³-hybridized carbons (Fsp3) is 0.562. The molecule has 7 heteroatoms. The summed E-state index contributed by atoms with van der Waals surface area (Å²) in [4.78, 5) is 11.4. The Morgan fingerprint density at radius 1 is 1.17 bits per heavy atom. The van der Waals surface area contributed by atoms with Crippen LogP contribution in [0, 0.1) is 0 Å². The smallest absolute Gasteiger partial charge is 0.407 e. The van der Waals surface area contributed by atoms with Crippen molar-refractivity contribution in [1.29, 1.82) is 0 Å². The lowest BCUT2D eigenvalue weighted by Crippen LogP contribution is -2.34. The number of nitrogens with one attached hydrogen (secondary N) is 1. The Bertz CT molecular complexity index is 500. The third-order valence-corrected chi connectivity index (χ3v) is 2.59. The number of carbonyl (C=O) groups excluding carboxylic acids is 1. The van der Waals surface area contributed by atoms with E-state index >= 15 is 0 Å². The molecule has 3 N–H and O–H groups in total. The number of hydrogen-bond donors (Lipinski definition) is 2. The van der Waals surface area contributed by atoms with Crippen molar-refractivity contribution in [2.45, 2.75) is 26.4 Å². The van der Waals surface area contributed by atoms with E-state index in [4.69, 9.17) is 24.7 Å². The summed E-state index contributed by atoms with van der Waals surface area (Å²) in [7, 11) is 1.57. The van der Waals surface area contributed by atoms with Crippen LogP contribution >= 0.6 is 0 Å². The molecule has 1 aromatic carbocycles. The van der Waals surface area contributed by atoms with E-state index in [0.29, 0.717) is 43.6 Å². The first-order valence-electron chi connectivity index (χ1n) is 7.43. The van der Waals surface area contributed by atoms with Crippen LogP contribution in [0.25, 0.3) is 0 Å². The summed E-state index contributed by atoms with van der Waals surface area (Å²) in [5, 5.41) is 2.61. The number of hydrogen-bond acceptors (Lipinski definition) is 6. The van der Waals surface area contributed by atoms with Crippen molar-refractivity contribution in [3.63, 3.8) is 0 Å². The Kier molecular flexibility index (Phi) is 7.47. The van der Waals surface area contributed by atoms with E-state index in [9.17, 15) is 4.79 Å². The van der Waals surface area contributed by atoms with Crippen molar-refractivity contribution in [2.24, 2.45) is 0 Å². The highest BCUT2D eigenvalue weighted by Crippen LogP contribution is 2.28. The maximum absolute atomic E-state index is 11.4. The second-order valence-electron chi connectivity index (χ2n) is 5.80. The SMILES string of the molecule is COc1ccc(N)cc1OCCOCCNC(=O)OC(C)(C)C. The van der Waals surface area contributed by atoms with Crippen molar-refractivity contribution in [3.8, 4) is 11.5 Å². The van der Waals surface area contributed by atoms with Crippen LogP contribution in [0.4, 0.5) is 10.5 Å². The number of nitrogens with two attached hydrogens (primary N) is 1. The fourth-order valence-corrected chi connectivity index (χ4v) is 1.66. The van der Waals surface area contributed by atoms with E-state index < -0.39 is 11.7 Å². The first-order valence-corrected chi connectivity index (χ1v) is 7.43. The molecule has 130 valence electrons. The van der Waals surface area contributed by atoms with Crippen LogP contribution in [-0.2, 0) is 9.47 Å². The third kappa shape index (κ3) is 8.15. The largest absolute Gasteiger partial charge is 0.493 e. The Morgan fingerprint density at radius 3 is 2.57 bits per heavy atom. The molecule has 0 aliphatic rings. The molecule has 0 atom stereocenters. The predicted octanol–water partition coefficient (Wildman–Crippen LogP) is 2.20. The number of benzene rings is 1. The molecular weight excluding hydrogens is 300 g/mol. The topological polar surface area (TPSA) is 92.0 Å². The molecule has 0 aliphatic carbocycles. The van der Waals surface area contributed by atoms with Crippen LogP contribution < -0.4 is 20.5 Å². The molecule has 0 bridgehead atoms. The molecule has 1 amide bonds. The highest BCUT2D eigenvalue weighted by atomic mass is 16.6. The van der Waals surface area contributed by atoms with Gasteiger partial charge in [-0.15, -0.1) is 0 Å². The number of carbonyl (C=O) groups is 1. The molecule has 1 aromatic rings. The molecule has 0 saturated heterocycles. The maximum atomic E-state index is 11.4. The standard InChI is InChI=1S/C16H26N2O5/c1-16(2,3)23-15(19)18-7-8-21-9-10-22-14-11-12(17)5-6-13(14)20-4/h5-6,11H,7-10,17H2,1-4H3,(H,18,19). The van der Waals surface area contributed by atoms with Crippen molar-refractivity contribution in [2.75, 3.05) is 39.2 Å². The highest BCUT2D eigenvalue weighted by molar-refractivity contribution is 5.67. The van der Waals surface area contributed by atoms with E-state index in [1.54, 1.807) is 25.3 Å². The number of amides is 1. The molecule has 23 heavy (non-hydrogen) atoms. The normalized spacial score (nSPS) is 11.0. The van der Waals surface area contributed by atoms with Gasteiger partial charge in [-0.25, -0.2) is 4.79 Å². The van der Waals surface area contributed by atoms with Crippen LogP contribution in [-0.4, -0.2) is 45.2 Å². The molecule has 0 saturated carbocycles. The van der Waals surface area contributed by atoms with E-state index in [1.165, 1.54) is 0 Å². The Balaban J connectivity index is 2.14. The van der Waals surface area contributed by atoms with Crippen LogP contribution in [0.5, 0.6) is 11.5 Å². The summed E-state index contributed by atoms with van der Waals surface area (Å²) in [6, 6.07) is 5.18. The minimum absolute atomic E-state index is 0.353. The van der Waals surface area contributed by atoms with Gasteiger partial charge in [-0.2, -0.15) is 0 Å². The zero-order valence-corrected chi connectivity index (χ0v) is 14.2. The molecule has 7 nitrogen and oxygen atoms in total. The average Bonchev–Trinajstić information content (AvgIpc) is 2.44. The fourth-order valence-electron chi connectivity index (χ4n) is 1.66. The molecule has 0 aromatic heterocycles. The van der Waals surface area contributed by atoms with Gasteiger partial charge in [0.25, 0.3) is 0 Å². The van der Waals surface area contributed by atoms with E-state index in [2.05, 4.69) is 5.32 Å². The van der Waals surface area contributed by atoms with E-state index in [0.717, 1.165) is 0 Å². The molecule has 0 unspecified atom stereocenters. The summed E-state index contributed by atoms with van der Waals surface area (Å²) in [5.41, 5.74) is 5.80. The summed E-state index contributed by atoms with van der Waals surface area (Å²) in [6.45, 7) is 6.91. The molecule has 0 aliphatic heterocycles. The van der Waals surface area contributed by atoms with Gasteiger partial charge in [0.15, 0.2) is 11.5 Å². The number of methoxy groups -OCH3 is 1. The summed E-state index contributed by atoms with van der Waals surface area (Å²) in [5.74, 6) is 1.19. The van der Waals surface area contributed by atoms with E-state index in [-0.39, 0.29) is 0 Å². The minimum Gasteiger partial charge on any atom is -0.493 e. The zero-order valence-electron chi connectivity index (χ0n) is 14.2. The second-order valence-corrected chi connectivity index (χ2v) is 5.80. The maximum Gasteiger partial charge on any atom is 0.407 e. The molecular formula is C16H26N2O5. The zero-order chi connectivity index (χ0) is 17.3. The van der Waals surface area contributed by atoms with Crippen LogP contribution in [0.15, 0.2) is 18.2 Å². The first kappa shape index (κ1) is 18.9. The minimum atomic E-state index is -0.505. The van der Waals surface area contributed by atoms with Gasteiger partial charge in [0, 0.05) is 18.3 Å². The van der Waals surface area contributed by atoms with Crippen molar-refractivity contribution < 1.29 is 23.7 Å². The molecule has 0 spiro atoms. The Hall–Kier alpha value is -2.15. The van der Waals surface area contributed by atoms with Gasteiger partial charge in [0.05, 0.1) is 20.3 Å². The Morgan fingerprint density at radius 2 is 1.91 bits per heavy atom. The van der Waals surface area contributed by atoms with Crippen LogP contribution in [0.1, 0.15) is 20.8 Å². The van der Waals surface area contributed by atoms with Gasteiger partial charge in [-0.1, -0.05) is 0 Å². The van der Waals surface area contributed by atoms with Gasteiger partial charge >= 0.3 is 6.09 Å². The predicted molar refractivity (Wildman–Crippen MR) is 88.0 cm³/mol. The molecule has 0 fully saturated rings. The quantitative estimate of drug-likeness (QED) is 0.562. The molecule has 1 rings (SSSR count). The summed E-state index contributed by atoms with van der Waals surface area (Å²) >= 11 is 0. The van der Waals surface area contributed by atoms with Gasteiger partial charge in [0.1, 0.15) is 12.2 Å². The lowest BCUT2D eigenvalue weighted by atomic mass is 10.2. The monoisotopic (exact) mass is 326 g/mol. The molecule has 0 heterocycles. The van der Waals surface area contributed by atoms with Crippen LogP contribution in [0.2, 0.25) is 0 Å². The van der Waals surface area contributed by atoms with Gasteiger partial charge in [0.2, 0.25) is 0 Å². The highest BCUT2D eigenvalue weighted by Gasteiger charge is 2.15. The summed E-state index contributed by atoms with van der Waals surface area (Å²) < 4.78 is 21.2. The second kappa shape index (κ2) is 9.09. The third-order valence-electron chi connectivity index (χ3n) is 2.59. The van der Waals surface area contributed by atoms with Crippen molar-refractivity contribution in [3.05, 3.63) is 18.2 Å². The summed E-state index contributed by atoms with van der Waals surface area (Å²) in [6.07, 6.45) is -0.457. The van der Waals surface area contributed by atoms with Gasteiger partial charge in [-0.05, 0) is 32.9 Å². The lowest BCUT2D eigenvalue weighted by molar-refractivity contribution is 0.0488. The number of ether oxygens (including phenoxy) is 4. The molecule has 0 radical (unpaired) electrons. The van der Waals surface area contributed by atoms with Crippen molar-refractivity contribution in [1.82, 2.24) is 5.32 Å². The van der Waals surface area contributed by atoms with Crippen LogP contribution in [0.3, 0.4) is 0 Å².